The Kier molecular flexibility index (Phi) is 4.45. The van der Waals surface area contributed by atoms with Gasteiger partial charge in [0.25, 0.3) is 0 Å². The molecule has 19 heavy (non-hydrogen) atoms. The molecule has 0 aliphatic heterocycles. The molecule has 5 nitrogen and oxygen atoms in total. The average molecular weight is 269 g/mol. The van der Waals surface area contributed by atoms with Gasteiger partial charge in [0, 0.05) is 6.54 Å². The van der Waals surface area contributed by atoms with Crippen LogP contribution in [0.25, 0.3) is 0 Å². The molecule has 0 heterocycles. The van der Waals surface area contributed by atoms with E-state index in [4.69, 9.17) is 5.11 Å². The van der Waals surface area contributed by atoms with E-state index in [9.17, 15) is 14.7 Å². The Morgan fingerprint density at radius 1 is 1.16 bits per heavy atom. The monoisotopic (exact) mass is 269 g/mol. The second kappa shape index (κ2) is 5.90. The van der Waals surface area contributed by atoms with E-state index in [0.717, 1.165) is 19.3 Å². The highest BCUT2D eigenvalue weighted by Crippen LogP contribution is 2.36. The zero-order chi connectivity index (χ0) is 14.0. The number of aliphatic carboxylic acids is 1. The number of carboxylic acid groups (broad SMARTS) is 1. The number of carbonyl (C=O) groups is 2. The van der Waals surface area contributed by atoms with E-state index in [1.54, 1.807) is 0 Å². The van der Waals surface area contributed by atoms with Crippen molar-refractivity contribution in [2.24, 2.45) is 23.7 Å². The summed E-state index contributed by atoms with van der Waals surface area (Å²) in [5.74, 6) is -1.28. The summed E-state index contributed by atoms with van der Waals surface area (Å²) < 4.78 is 0. The van der Waals surface area contributed by atoms with E-state index in [1.807, 2.05) is 6.92 Å². The normalized spacial score (nSPS) is 38.3. The number of aliphatic hydroxyl groups excluding tert-OH is 1. The molecule has 0 radical (unpaired) electrons. The zero-order valence-electron chi connectivity index (χ0n) is 11.3. The van der Waals surface area contributed by atoms with Crippen LogP contribution in [-0.4, -0.2) is 34.7 Å². The van der Waals surface area contributed by atoms with Gasteiger partial charge in [-0.1, -0.05) is 6.92 Å². The summed E-state index contributed by atoms with van der Waals surface area (Å²) >= 11 is 0. The molecule has 0 bridgehead atoms. The Balaban J connectivity index is 1.83. The van der Waals surface area contributed by atoms with Gasteiger partial charge in [-0.3, -0.25) is 9.59 Å². The lowest BCUT2D eigenvalue weighted by atomic mass is 9.95. The van der Waals surface area contributed by atoms with Crippen LogP contribution >= 0.6 is 0 Å². The summed E-state index contributed by atoms with van der Waals surface area (Å²) in [4.78, 5) is 23.3. The number of hydrogen-bond acceptors (Lipinski definition) is 3. The molecule has 0 aromatic carbocycles. The molecule has 3 unspecified atom stereocenters. The molecule has 3 N–H and O–H groups in total. The molecular formula is C14H23NO4. The van der Waals surface area contributed by atoms with E-state index in [2.05, 4.69) is 5.32 Å². The minimum atomic E-state index is -0.860. The first kappa shape index (κ1) is 14.3. The van der Waals surface area contributed by atoms with Crippen molar-refractivity contribution in [2.45, 2.75) is 45.1 Å². The average Bonchev–Trinajstić information content (AvgIpc) is 2.92. The SMILES string of the molecule is CC1C[C@H](C(=O)NCC2CCC(O)C2)[C@H](C(=O)O)C1. The van der Waals surface area contributed by atoms with Gasteiger partial charge in [-0.05, 0) is 43.9 Å². The molecule has 0 saturated heterocycles. The predicted molar refractivity (Wildman–Crippen MR) is 69.4 cm³/mol. The van der Waals surface area contributed by atoms with Crippen molar-refractivity contribution >= 4 is 11.9 Å². The molecule has 0 spiro atoms. The van der Waals surface area contributed by atoms with Crippen LogP contribution in [0.5, 0.6) is 0 Å². The van der Waals surface area contributed by atoms with Crippen LogP contribution in [0.15, 0.2) is 0 Å². The lowest BCUT2D eigenvalue weighted by Crippen LogP contribution is -2.37. The Morgan fingerprint density at radius 3 is 2.42 bits per heavy atom. The highest BCUT2D eigenvalue weighted by atomic mass is 16.4. The van der Waals surface area contributed by atoms with E-state index in [1.165, 1.54) is 0 Å². The summed E-state index contributed by atoms with van der Waals surface area (Å²) in [5, 5.41) is 21.5. The molecule has 0 aromatic rings. The summed E-state index contributed by atoms with van der Waals surface area (Å²) in [6, 6.07) is 0. The fourth-order valence-electron chi connectivity index (χ4n) is 3.46. The molecule has 5 heteroatoms. The van der Waals surface area contributed by atoms with Crippen LogP contribution in [0.3, 0.4) is 0 Å². The largest absolute Gasteiger partial charge is 0.481 e. The summed E-state index contributed by atoms with van der Waals surface area (Å²) in [5.41, 5.74) is 0. The number of hydrogen-bond donors (Lipinski definition) is 3. The lowest BCUT2D eigenvalue weighted by Gasteiger charge is -2.17. The van der Waals surface area contributed by atoms with Crippen molar-refractivity contribution in [1.82, 2.24) is 5.32 Å². The number of carbonyl (C=O) groups excluding carboxylic acids is 1. The highest BCUT2D eigenvalue weighted by Gasteiger charge is 2.41. The van der Waals surface area contributed by atoms with Crippen molar-refractivity contribution in [3.8, 4) is 0 Å². The van der Waals surface area contributed by atoms with Gasteiger partial charge in [0.05, 0.1) is 17.9 Å². The molecule has 2 aliphatic rings. The van der Waals surface area contributed by atoms with Crippen molar-refractivity contribution < 1.29 is 19.8 Å². The number of amides is 1. The van der Waals surface area contributed by atoms with Gasteiger partial charge < -0.3 is 15.5 Å². The van der Waals surface area contributed by atoms with Crippen LogP contribution in [0.2, 0.25) is 0 Å². The minimum Gasteiger partial charge on any atom is -0.481 e. The fraction of sp³-hybridized carbons (Fsp3) is 0.857. The van der Waals surface area contributed by atoms with Gasteiger partial charge in [-0.25, -0.2) is 0 Å². The first-order chi connectivity index (χ1) is 8.97. The van der Waals surface area contributed by atoms with Crippen LogP contribution < -0.4 is 5.32 Å². The zero-order valence-corrected chi connectivity index (χ0v) is 11.3. The third-order valence-corrected chi connectivity index (χ3v) is 4.53. The molecule has 2 aliphatic carbocycles. The molecule has 2 fully saturated rings. The highest BCUT2D eigenvalue weighted by molar-refractivity contribution is 5.85. The Bertz CT molecular complexity index is 357. The smallest absolute Gasteiger partial charge is 0.307 e. The molecular weight excluding hydrogens is 246 g/mol. The first-order valence-electron chi connectivity index (χ1n) is 7.16. The van der Waals surface area contributed by atoms with Crippen molar-refractivity contribution in [1.29, 1.82) is 0 Å². The van der Waals surface area contributed by atoms with E-state index in [0.29, 0.717) is 31.2 Å². The van der Waals surface area contributed by atoms with Crippen LogP contribution in [0.1, 0.15) is 39.0 Å². The van der Waals surface area contributed by atoms with Gasteiger partial charge in [0.1, 0.15) is 0 Å². The Morgan fingerprint density at radius 2 is 1.84 bits per heavy atom. The van der Waals surface area contributed by atoms with Gasteiger partial charge in [0.2, 0.25) is 5.91 Å². The third kappa shape index (κ3) is 3.47. The predicted octanol–water partition coefficient (Wildman–Crippen LogP) is 1.01. The summed E-state index contributed by atoms with van der Waals surface area (Å²) in [6.45, 7) is 2.56. The Hall–Kier alpha value is -1.10. The molecule has 2 rings (SSSR count). The number of rotatable bonds is 4. The summed E-state index contributed by atoms with van der Waals surface area (Å²) in [7, 11) is 0. The maximum atomic E-state index is 12.1. The van der Waals surface area contributed by atoms with Gasteiger partial charge in [0.15, 0.2) is 0 Å². The first-order valence-corrected chi connectivity index (χ1v) is 7.16. The van der Waals surface area contributed by atoms with Crippen LogP contribution in [0.4, 0.5) is 0 Å². The van der Waals surface area contributed by atoms with E-state index < -0.39 is 11.9 Å². The number of aliphatic hydroxyl groups is 1. The Labute approximate surface area is 113 Å². The molecule has 108 valence electrons. The van der Waals surface area contributed by atoms with Crippen LogP contribution in [-0.2, 0) is 9.59 Å². The van der Waals surface area contributed by atoms with Crippen molar-refractivity contribution in [3.63, 3.8) is 0 Å². The minimum absolute atomic E-state index is 0.127. The molecule has 2 saturated carbocycles. The van der Waals surface area contributed by atoms with Gasteiger partial charge in [-0.2, -0.15) is 0 Å². The second-order valence-corrected chi connectivity index (χ2v) is 6.21. The maximum absolute atomic E-state index is 12.1. The van der Waals surface area contributed by atoms with Crippen molar-refractivity contribution in [2.75, 3.05) is 6.54 Å². The molecule has 0 aromatic heterocycles. The summed E-state index contributed by atoms with van der Waals surface area (Å²) in [6.07, 6.45) is 3.50. The van der Waals surface area contributed by atoms with Gasteiger partial charge in [-0.15, -0.1) is 0 Å². The van der Waals surface area contributed by atoms with Gasteiger partial charge >= 0.3 is 5.97 Å². The van der Waals surface area contributed by atoms with E-state index in [-0.39, 0.29) is 17.9 Å². The number of carboxylic acids is 1. The standard InChI is InChI=1S/C14H23NO4/c1-8-4-11(12(5-8)14(18)19)13(17)15-7-9-2-3-10(16)6-9/h8-12,16H,2-7H2,1H3,(H,15,17)(H,18,19)/t8?,9?,10?,11-,12+/m0/s1. The fourth-order valence-corrected chi connectivity index (χ4v) is 3.46. The molecule has 5 atom stereocenters. The maximum Gasteiger partial charge on any atom is 0.307 e. The quantitative estimate of drug-likeness (QED) is 0.711. The lowest BCUT2D eigenvalue weighted by molar-refractivity contribution is -0.146. The van der Waals surface area contributed by atoms with Crippen molar-refractivity contribution in [3.05, 3.63) is 0 Å². The topological polar surface area (TPSA) is 86.6 Å². The molecule has 1 amide bonds. The van der Waals surface area contributed by atoms with E-state index >= 15 is 0 Å². The van der Waals surface area contributed by atoms with Crippen LogP contribution in [0, 0.1) is 23.7 Å². The second-order valence-electron chi connectivity index (χ2n) is 6.21. The third-order valence-electron chi connectivity index (χ3n) is 4.53. The number of nitrogens with one attached hydrogen (secondary N) is 1.